The van der Waals surface area contributed by atoms with E-state index in [0.717, 1.165) is 19.6 Å². The number of nitrogens with zero attached hydrogens (tertiary/aromatic N) is 2. The fourth-order valence-electron chi connectivity index (χ4n) is 4.20. The van der Waals surface area contributed by atoms with E-state index in [0.29, 0.717) is 22.9 Å². The Bertz CT molecular complexity index is 889. The molecule has 152 valence electrons. The number of ether oxygens (including phenoxy) is 1. The second kappa shape index (κ2) is 9.51. The summed E-state index contributed by atoms with van der Waals surface area (Å²) in [6.45, 7) is 2.40. The van der Waals surface area contributed by atoms with Crippen molar-refractivity contribution in [3.63, 3.8) is 0 Å². The van der Waals surface area contributed by atoms with Gasteiger partial charge in [0.15, 0.2) is 0 Å². The Morgan fingerprint density at radius 1 is 1.28 bits per heavy atom. The van der Waals surface area contributed by atoms with Gasteiger partial charge in [0.1, 0.15) is 5.82 Å². The highest BCUT2D eigenvalue weighted by molar-refractivity contribution is 9.10. The van der Waals surface area contributed by atoms with Crippen molar-refractivity contribution in [2.24, 2.45) is 5.41 Å². The van der Waals surface area contributed by atoms with Gasteiger partial charge in [-0.05, 0) is 49.2 Å². The number of methoxy groups -OCH3 is 1. The largest absolute Gasteiger partial charge is 0.469 e. The molecular weight excluding hydrogens is 435 g/mol. The molecule has 2 aromatic rings. The van der Waals surface area contributed by atoms with Gasteiger partial charge in [0.05, 0.1) is 25.5 Å². The van der Waals surface area contributed by atoms with E-state index < -0.39 is 11.3 Å². The Hall–Kier alpha value is -2.23. The molecule has 1 heterocycles. The lowest BCUT2D eigenvalue weighted by molar-refractivity contribution is -0.144. The summed E-state index contributed by atoms with van der Waals surface area (Å²) in [6.07, 6.45) is 1.55. The summed E-state index contributed by atoms with van der Waals surface area (Å²) in [4.78, 5) is 14.6. The van der Waals surface area contributed by atoms with Gasteiger partial charge in [-0.1, -0.05) is 52.3 Å². The first kappa shape index (κ1) is 21.5. The smallest absolute Gasteiger partial charge is 0.306 e. The molecule has 6 heteroatoms. The van der Waals surface area contributed by atoms with Gasteiger partial charge >= 0.3 is 5.97 Å². The predicted octanol–water partition coefficient (Wildman–Crippen LogP) is 5.04. The lowest BCUT2D eigenvalue weighted by Crippen LogP contribution is -2.44. The fraction of sp³-hybridized carbons (Fsp3) is 0.391. The van der Waals surface area contributed by atoms with Crippen LogP contribution in [0.4, 0.5) is 4.39 Å². The van der Waals surface area contributed by atoms with Crippen molar-refractivity contribution in [1.29, 1.82) is 5.26 Å². The standard InChI is InChI=1S/C23H24BrFN2O2/c1-29-22(28)14-23(20(15-26)19-8-7-18(25)13-21(19)24)9-11-27(12-10-23)16-17-5-3-2-4-6-17/h2-8,13,20H,9-12,14,16H2,1H3. The molecule has 0 spiro atoms. The summed E-state index contributed by atoms with van der Waals surface area (Å²) in [5, 5.41) is 10.0. The number of rotatable bonds is 6. The molecule has 3 rings (SSSR count). The topological polar surface area (TPSA) is 53.3 Å². The van der Waals surface area contributed by atoms with E-state index in [4.69, 9.17) is 4.74 Å². The molecule has 0 N–H and O–H groups in total. The molecule has 1 unspecified atom stereocenters. The van der Waals surface area contributed by atoms with Crippen molar-refractivity contribution in [3.8, 4) is 6.07 Å². The third-order valence-corrected chi connectivity index (χ3v) is 6.53. The molecule has 0 bridgehead atoms. The molecule has 1 aliphatic rings. The maximum absolute atomic E-state index is 13.6. The maximum Gasteiger partial charge on any atom is 0.306 e. The first-order chi connectivity index (χ1) is 14.0. The average molecular weight is 459 g/mol. The zero-order chi connectivity index (χ0) is 20.9. The van der Waals surface area contributed by atoms with E-state index in [-0.39, 0.29) is 18.2 Å². The Balaban J connectivity index is 1.84. The van der Waals surface area contributed by atoms with E-state index in [1.807, 2.05) is 18.2 Å². The molecule has 1 aliphatic heterocycles. The number of likely N-dealkylation sites (tertiary alicyclic amines) is 1. The number of hydrogen-bond acceptors (Lipinski definition) is 4. The number of carbonyl (C=O) groups excluding carboxylic acids is 1. The van der Waals surface area contributed by atoms with Crippen LogP contribution in [0.1, 0.15) is 36.3 Å². The van der Waals surface area contributed by atoms with E-state index in [9.17, 15) is 14.4 Å². The van der Waals surface area contributed by atoms with Crippen LogP contribution in [-0.2, 0) is 16.1 Å². The molecule has 0 aromatic heterocycles. The first-order valence-corrected chi connectivity index (χ1v) is 10.4. The van der Waals surface area contributed by atoms with E-state index >= 15 is 0 Å². The Morgan fingerprint density at radius 2 is 1.97 bits per heavy atom. The highest BCUT2D eigenvalue weighted by Gasteiger charge is 2.45. The van der Waals surface area contributed by atoms with Crippen LogP contribution in [0.15, 0.2) is 53.0 Å². The Labute approximate surface area is 179 Å². The number of hydrogen-bond donors (Lipinski definition) is 0. The number of nitriles is 1. The monoisotopic (exact) mass is 458 g/mol. The zero-order valence-corrected chi connectivity index (χ0v) is 18.0. The van der Waals surface area contributed by atoms with E-state index in [1.165, 1.54) is 24.8 Å². The van der Waals surface area contributed by atoms with Gasteiger partial charge in [0, 0.05) is 16.4 Å². The minimum absolute atomic E-state index is 0.171. The molecule has 0 aliphatic carbocycles. The van der Waals surface area contributed by atoms with Gasteiger partial charge in [-0.2, -0.15) is 5.26 Å². The van der Waals surface area contributed by atoms with Crippen molar-refractivity contribution < 1.29 is 13.9 Å². The number of benzene rings is 2. The number of carbonyl (C=O) groups is 1. The minimum Gasteiger partial charge on any atom is -0.469 e. The van der Waals surface area contributed by atoms with Gasteiger partial charge in [-0.25, -0.2) is 4.39 Å². The molecule has 1 fully saturated rings. The Morgan fingerprint density at radius 3 is 2.55 bits per heavy atom. The second-order valence-corrected chi connectivity index (χ2v) is 8.46. The lowest BCUT2D eigenvalue weighted by atomic mass is 9.64. The van der Waals surface area contributed by atoms with Crippen LogP contribution in [-0.4, -0.2) is 31.1 Å². The van der Waals surface area contributed by atoms with Crippen molar-refractivity contribution in [2.75, 3.05) is 20.2 Å². The molecule has 0 radical (unpaired) electrons. The quantitative estimate of drug-likeness (QED) is 0.568. The predicted molar refractivity (Wildman–Crippen MR) is 112 cm³/mol. The van der Waals surface area contributed by atoms with Crippen molar-refractivity contribution in [1.82, 2.24) is 4.90 Å². The van der Waals surface area contributed by atoms with Crippen molar-refractivity contribution in [2.45, 2.75) is 31.7 Å². The SMILES string of the molecule is COC(=O)CC1(C(C#N)c2ccc(F)cc2Br)CCN(Cc2ccccc2)CC1. The normalized spacial score (nSPS) is 17.3. The molecular formula is C23H24BrFN2O2. The number of piperidine rings is 1. The number of halogens is 2. The van der Waals surface area contributed by atoms with Crippen LogP contribution in [0.5, 0.6) is 0 Å². The van der Waals surface area contributed by atoms with Crippen LogP contribution in [0.2, 0.25) is 0 Å². The van der Waals surface area contributed by atoms with E-state index in [2.05, 4.69) is 39.0 Å². The molecule has 2 aromatic carbocycles. The third-order valence-electron chi connectivity index (χ3n) is 5.84. The lowest BCUT2D eigenvalue weighted by Gasteiger charge is -2.44. The molecule has 29 heavy (non-hydrogen) atoms. The summed E-state index contributed by atoms with van der Waals surface area (Å²) < 4.78 is 19.1. The molecule has 1 saturated heterocycles. The van der Waals surface area contributed by atoms with Gasteiger partial charge < -0.3 is 4.74 Å². The van der Waals surface area contributed by atoms with Crippen LogP contribution < -0.4 is 0 Å². The first-order valence-electron chi connectivity index (χ1n) is 9.65. The summed E-state index contributed by atoms with van der Waals surface area (Å²) in [5.74, 6) is -1.22. The summed E-state index contributed by atoms with van der Waals surface area (Å²) in [6, 6.07) is 17.0. The van der Waals surface area contributed by atoms with Crippen LogP contribution >= 0.6 is 15.9 Å². The molecule has 4 nitrogen and oxygen atoms in total. The molecule has 0 amide bonds. The fourth-order valence-corrected chi connectivity index (χ4v) is 4.78. The van der Waals surface area contributed by atoms with Gasteiger partial charge in [0.25, 0.3) is 0 Å². The number of esters is 1. The summed E-state index contributed by atoms with van der Waals surface area (Å²) in [7, 11) is 1.37. The summed E-state index contributed by atoms with van der Waals surface area (Å²) >= 11 is 3.40. The van der Waals surface area contributed by atoms with Crippen molar-refractivity contribution in [3.05, 3.63) is 69.9 Å². The minimum atomic E-state index is -0.546. The molecule has 1 atom stereocenters. The Kier molecular flexibility index (Phi) is 7.05. The maximum atomic E-state index is 13.6. The van der Waals surface area contributed by atoms with Crippen LogP contribution in [0, 0.1) is 22.6 Å². The summed E-state index contributed by atoms with van der Waals surface area (Å²) in [5.41, 5.74) is 1.41. The third kappa shape index (κ3) is 5.04. The van der Waals surface area contributed by atoms with Gasteiger partial charge in [-0.15, -0.1) is 0 Å². The highest BCUT2D eigenvalue weighted by atomic mass is 79.9. The van der Waals surface area contributed by atoms with E-state index in [1.54, 1.807) is 6.07 Å². The molecule has 0 saturated carbocycles. The van der Waals surface area contributed by atoms with Crippen LogP contribution in [0.25, 0.3) is 0 Å². The van der Waals surface area contributed by atoms with Crippen LogP contribution in [0.3, 0.4) is 0 Å². The van der Waals surface area contributed by atoms with Gasteiger partial charge in [0.2, 0.25) is 0 Å². The van der Waals surface area contributed by atoms with Crippen molar-refractivity contribution >= 4 is 21.9 Å². The van der Waals surface area contributed by atoms with Gasteiger partial charge in [-0.3, -0.25) is 9.69 Å². The highest BCUT2D eigenvalue weighted by Crippen LogP contribution is 2.49. The second-order valence-electron chi connectivity index (χ2n) is 7.60. The zero-order valence-electron chi connectivity index (χ0n) is 16.4. The average Bonchev–Trinajstić information content (AvgIpc) is 2.72.